The number of ether oxygens (including phenoxy) is 3. The first-order valence-corrected chi connectivity index (χ1v) is 10.3. The van der Waals surface area contributed by atoms with Crippen LogP contribution < -0.4 is 9.47 Å². The first-order valence-electron chi connectivity index (χ1n) is 10.3. The number of piperidine rings is 1. The summed E-state index contributed by atoms with van der Waals surface area (Å²) in [7, 11) is 0. The molecule has 1 amide bonds. The Balaban J connectivity index is 1.42. The number of aromatic nitrogens is 3. The summed E-state index contributed by atoms with van der Waals surface area (Å²) in [5, 5.41) is 0. The van der Waals surface area contributed by atoms with Crippen molar-refractivity contribution in [3.63, 3.8) is 0 Å². The summed E-state index contributed by atoms with van der Waals surface area (Å²) in [6.07, 6.45) is 4.63. The van der Waals surface area contributed by atoms with Gasteiger partial charge in [0.05, 0.1) is 11.3 Å². The highest BCUT2D eigenvalue weighted by Gasteiger charge is 2.49. The Morgan fingerprint density at radius 1 is 1.13 bits per heavy atom. The van der Waals surface area contributed by atoms with Gasteiger partial charge in [-0.2, -0.15) is 0 Å². The van der Waals surface area contributed by atoms with Crippen LogP contribution in [0.15, 0.2) is 24.7 Å². The molecule has 2 fully saturated rings. The average molecular weight is 412 g/mol. The van der Waals surface area contributed by atoms with Crippen LogP contribution in [-0.4, -0.2) is 50.2 Å². The van der Waals surface area contributed by atoms with Crippen LogP contribution in [0.3, 0.4) is 0 Å². The molecule has 2 aromatic rings. The molecule has 160 valence electrons. The SMILES string of the molecule is Cc1ncccc1Oc1ncnc(O[C@@H]2CC3CC2CN3C(=O)OC(C)(C)C)c1C. The third-order valence-corrected chi connectivity index (χ3v) is 5.52. The van der Waals surface area contributed by atoms with Crippen LogP contribution in [0.5, 0.6) is 17.5 Å². The number of pyridine rings is 1. The summed E-state index contributed by atoms with van der Waals surface area (Å²) < 4.78 is 17.7. The van der Waals surface area contributed by atoms with E-state index < -0.39 is 5.60 Å². The minimum absolute atomic E-state index is 0.00950. The van der Waals surface area contributed by atoms with Gasteiger partial charge >= 0.3 is 6.09 Å². The Labute approximate surface area is 176 Å². The van der Waals surface area contributed by atoms with Gasteiger partial charge in [-0.15, -0.1) is 0 Å². The highest BCUT2D eigenvalue weighted by Crippen LogP contribution is 2.41. The molecule has 0 N–H and O–H groups in total. The van der Waals surface area contributed by atoms with Crippen LogP contribution >= 0.6 is 0 Å². The van der Waals surface area contributed by atoms with Crippen molar-refractivity contribution in [2.45, 2.75) is 65.2 Å². The topological polar surface area (TPSA) is 86.7 Å². The number of nitrogens with zero attached hydrogens (tertiary/aromatic N) is 4. The molecule has 0 aromatic carbocycles. The second-order valence-electron chi connectivity index (χ2n) is 8.97. The van der Waals surface area contributed by atoms with Crippen LogP contribution in [0.25, 0.3) is 0 Å². The fourth-order valence-corrected chi connectivity index (χ4v) is 4.06. The van der Waals surface area contributed by atoms with Crippen LogP contribution in [0.2, 0.25) is 0 Å². The predicted octanol–water partition coefficient (Wildman–Crippen LogP) is 4.06. The lowest BCUT2D eigenvalue weighted by atomic mass is 10.1. The van der Waals surface area contributed by atoms with Crippen molar-refractivity contribution in [3.8, 4) is 17.5 Å². The van der Waals surface area contributed by atoms with Crippen LogP contribution in [-0.2, 0) is 4.74 Å². The third-order valence-electron chi connectivity index (χ3n) is 5.52. The van der Waals surface area contributed by atoms with Gasteiger partial charge in [0.1, 0.15) is 18.0 Å². The molecule has 4 rings (SSSR count). The van der Waals surface area contributed by atoms with Gasteiger partial charge in [0, 0.05) is 31.1 Å². The van der Waals surface area contributed by atoms with Crippen LogP contribution in [0.1, 0.15) is 44.9 Å². The summed E-state index contributed by atoms with van der Waals surface area (Å²) in [5.41, 5.74) is 1.04. The molecule has 1 aliphatic carbocycles. The van der Waals surface area contributed by atoms with Crippen molar-refractivity contribution in [1.82, 2.24) is 19.9 Å². The maximum atomic E-state index is 12.4. The van der Waals surface area contributed by atoms with E-state index >= 15 is 0 Å². The van der Waals surface area contributed by atoms with E-state index in [0.29, 0.717) is 24.1 Å². The van der Waals surface area contributed by atoms with Crippen LogP contribution in [0.4, 0.5) is 4.79 Å². The van der Waals surface area contributed by atoms with Crippen molar-refractivity contribution in [2.75, 3.05) is 6.54 Å². The van der Waals surface area contributed by atoms with Crippen molar-refractivity contribution < 1.29 is 19.0 Å². The molecule has 30 heavy (non-hydrogen) atoms. The van der Waals surface area contributed by atoms with Crippen LogP contribution in [0, 0.1) is 19.8 Å². The summed E-state index contributed by atoms with van der Waals surface area (Å²) in [6.45, 7) is 10.1. The maximum absolute atomic E-state index is 12.4. The quantitative estimate of drug-likeness (QED) is 0.748. The Bertz CT molecular complexity index is 943. The van der Waals surface area contributed by atoms with E-state index in [9.17, 15) is 4.79 Å². The fraction of sp³-hybridized carbons (Fsp3) is 0.545. The predicted molar refractivity (Wildman–Crippen MR) is 110 cm³/mol. The molecular weight excluding hydrogens is 384 g/mol. The summed E-state index contributed by atoms with van der Waals surface area (Å²) in [6, 6.07) is 3.82. The van der Waals surface area contributed by atoms with E-state index in [-0.39, 0.29) is 24.2 Å². The normalized spacial score (nSPS) is 22.8. The number of carbonyl (C=O) groups excluding carboxylic acids is 1. The standard InChI is InChI=1S/C22H28N4O4/c1-13-19(28-17-7-6-8-23-14(17)2)24-12-25-20(13)29-18-10-16-9-15(18)11-26(16)21(27)30-22(3,4)5/h6-8,12,15-16,18H,9-11H2,1-5H3/t15?,16?,18-/m1/s1. The molecule has 3 atom stereocenters. The molecule has 3 heterocycles. The highest BCUT2D eigenvalue weighted by atomic mass is 16.6. The van der Waals surface area contributed by atoms with Crippen molar-refractivity contribution in [3.05, 3.63) is 35.9 Å². The molecule has 2 unspecified atom stereocenters. The highest BCUT2D eigenvalue weighted by molar-refractivity contribution is 5.69. The maximum Gasteiger partial charge on any atom is 0.410 e. The molecule has 2 aromatic heterocycles. The number of hydrogen-bond acceptors (Lipinski definition) is 7. The molecule has 8 heteroatoms. The molecule has 1 aliphatic heterocycles. The summed E-state index contributed by atoms with van der Waals surface area (Å²) >= 11 is 0. The second-order valence-corrected chi connectivity index (χ2v) is 8.97. The fourth-order valence-electron chi connectivity index (χ4n) is 4.06. The van der Waals surface area contributed by atoms with Gasteiger partial charge < -0.3 is 19.1 Å². The number of likely N-dealkylation sites (tertiary alicyclic amines) is 1. The van der Waals surface area contributed by atoms with Crippen molar-refractivity contribution >= 4 is 6.09 Å². The lowest BCUT2D eigenvalue weighted by Gasteiger charge is -2.33. The van der Waals surface area contributed by atoms with Crippen molar-refractivity contribution in [1.29, 1.82) is 0 Å². The molecule has 2 aliphatic rings. The monoisotopic (exact) mass is 412 g/mol. The number of amides is 1. The summed E-state index contributed by atoms with van der Waals surface area (Å²) in [5.74, 6) is 1.89. The molecule has 8 nitrogen and oxygen atoms in total. The largest absolute Gasteiger partial charge is 0.474 e. The Hall–Kier alpha value is -2.90. The first kappa shape index (κ1) is 20.4. The van der Waals surface area contributed by atoms with Gasteiger partial charge in [-0.25, -0.2) is 14.8 Å². The van der Waals surface area contributed by atoms with Gasteiger partial charge in [-0.3, -0.25) is 4.98 Å². The number of hydrogen-bond donors (Lipinski definition) is 0. The minimum Gasteiger partial charge on any atom is -0.474 e. The molecule has 0 spiro atoms. The van der Waals surface area contributed by atoms with Gasteiger partial charge in [0.25, 0.3) is 0 Å². The summed E-state index contributed by atoms with van der Waals surface area (Å²) in [4.78, 5) is 27.1. The average Bonchev–Trinajstić information content (AvgIpc) is 3.26. The lowest BCUT2D eigenvalue weighted by Crippen LogP contribution is -2.45. The third kappa shape index (κ3) is 4.17. The van der Waals surface area contributed by atoms with E-state index in [0.717, 1.165) is 24.1 Å². The van der Waals surface area contributed by atoms with E-state index in [1.54, 1.807) is 6.20 Å². The zero-order valence-corrected chi connectivity index (χ0v) is 18.1. The Morgan fingerprint density at radius 3 is 2.57 bits per heavy atom. The molecular formula is C22H28N4O4. The van der Waals surface area contributed by atoms with E-state index in [1.165, 1.54) is 6.33 Å². The smallest absolute Gasteiger partial charge is 0.410 e. The van der Waals surface area contributed by atoms with Gasteiger partial charge in [0.15, 0.2) is 5.75 Å². The number of fused-ring (bicyclic) bond motifs is 2. The Kier molecular flexibility index (Phi) is 5.26. The molecule has 0 radical (unpaired) electrons. The van der Waals surface area contributed by atoms with Gasteiger partial charge in [-0.1, -0.05) is 0 Å². The number of carbonyl (C=O) groups is 1. The molecule has 2 bridgehead atoms. The zero-order chi connectivity index (χ0) is 21.5. The molecule has 1 saturated heterocycles. The number of rotatable bonds is 4. The zero-order valence-electron chi connectivity index (χ0n) is 18.1. The van der Waals surface area contributed by atoms with E-state index in [1.807, 2.05) is 51.7 Å². The van der Waals surface area contributed by atoms with E-state index in [2.05, 4.69) is 15.0 Å². The molecule has 1 saturated carbocycles. The van der Waals surface area contributed by atoms with Crippen molar-refractivity contribution in [2.24, 2.45) is 5.92 Å². The minimum atomic E-state index is -0.490. The Morgan fingerprint density at radius 2 is 1.90 bits per heavy atom. The first-order chi connectivity index (χ1) is 14.2. The van der Waals surface area contributed by atoms with Gasteiger partial charge in [0.2, 0.25) is 11.8 Å². The van der Waals surface area contributed by atoms with Gasteiger partial charge in [-0.05, 0) is 53.2 Å². The number of aryl methyl sites for hydroxylation is 1. The van der Waals surface area contributed by atoms with E-state index in [4.69, 9.17) is 14.2 Å². The lowest BCUT2D eigenvalue weighted by molar-refractivity contribution is 0.0101. The second kappa shape index (κ2) is 7.74.